The predicted octanol–water partition coefficient (Wildman–Crippen LogP) is 11.1. The third-order valence-corrected chi connectivity index (χ3v) is 8.79. The van der Waals surface area contributed by atoms with Gasteiger partial charge in [0.25, 0.3) is 0 Å². The van der Waals surface area contributed by atoms with Gasteiger partial charge in [0.2, 0.25) is 0 Å². The van der Waals surface area contributed by atoms with E-state index in [2.05, 4.69) is 97.4 Å². The molecule has 0 saturated carbocycles. The SMILES string of the molecule is CC/C=C\C/C=C\C/C=C\C/C=C\CCCCCCC(=O)O[C@H](COC(=O)CCC/C=C\CC1OC1C/C=C\C/C=C\CCCCC)COP(=O)(O)O. The first-order valence-corrected chi connectivity index (χ1v) is 21.5. The highest BCUT2D eigenvalue weighted by molar-refractivity contribution is 7.46. The van der Waals surface area contributed by atoms with Gasteiger partial charge in [-0.3, -0.25) is 14.1 Å². The summed E-state index contributed by atoms with van der Waals surface area (Å²) in [7, 11) is -4.78. The Kier molecular flexibility index (Phi) is 30.7. The van der Waals surface area contributed by atoms with Crippen molar-refractivity contribution in [3.05, 3.63) is 85.1 Å². The Morgan fingerprint density at radius 1 is 0.604 bits per heavy atom. The molecule has 0 aromatic carbocycles. The number of unbranched alkanes of at least 4 members (excludes halogenated alkanes) is 8. The van der Waals surface area contributed by atoms with Gasteiger partial charge in [-0.15, -0.1) is 0 Å². The molecule has 1 fully saturated rings. The van der Waals surface area contributed by atoms with Crippen LogP contribution in [-0.2, 0) is 32.9 Å². The van der Waals surface area contributed by atoms with Crippen molar-refractivity contribution in [2.45, 2.75) is 161 Å². The van der Waals surface area contributed by atoms with Crippen LogP contribution in [0.5, 0.6) is 0 Å². The molecule has 0 aliphatic carbocycles. The minimum atomic E-state index is -4.78. The Bertz CT molecular complexity index is 1190. The molecule has 1 saturated heterocycles. The highest BCUT2D eigenvalue weighted by Crippen LogP contribution is 2.36. The van der Waals surface area contributed by atoms with Crippen LogP contribution in [0, 0.1) is 0 Å². The summed E-state index contributed by atoms with van der Waals surface area (Å²) in [5.74, 6) is -0.996. The summed E-state index contributed by atoms with van der Waals surface area (Å²) in [6.07, 6.45) is 47.6. The quantitative estimate of drug-likeness (QED) is 0.0216. The third kappa shape index (κ3) is 33.5. The van der Waals surface area contributed by atoms with E-state index in [1.54, 1.807) is 0 Å². The molecule has 0 aromatic rings. The van der Waals surface area contributed by atoms with Crippen LogP contribution in [0.4, 0.5) is 0 Å². The summed E-state index contributed by atoms with van der Waals surface area (Å²) in [6.45, 7) is 3.44. The maximum Gasteiger partial charge on any atom is 0.469 e. The molecule has 0 aromatic heterocycles. The lowest BCUT2D eigenvalue weighted by Gasteiger charge is -2.18. The monoisotopic (exact) mass is 760 g/mol. The number of phosphoric ester groups is 1. The van der Waals surface area contributed by atoms with Gasteiger partial charge < -0.3 is 24.0 Å². The van der Waals surface area contributed by atoms with E-state index in [4.69, 9.17) is 24.0 Å². The van der Waals surface area contributed by atoms with Crippen LogP contribution in [0.25, 0.3) is 0 Å². The number of phosphoric acid groups is 1. The van der Waals surface area contributed by atoms with Crippen molar-refractivity contribution in [2.24, 2.45) is 0 Å². The van der Waals surface area contributed by atoms with E-state index < -0.39 is 32.5 Å². The lowest BCUT2D eigenvalue weighted by Crippen LogP contribution is -2.29. The van der Waals surface area contributed by atoms with Crippen LogP contribution >= 0.6 is 7.82 Å². The number of allylic oxidation sites excluding steroid dienone is 12. The molecule has 300 valence electrons. The second kappa shape index (κ2) is 33.7. The van der Waals surface area contributed by atoms with Crippen molar-refractivity contribution in [3.63, 3.8) is 0 Å². The van der Waals surface area contributed by atoms with Crippen LogP contribution in [0.1, 0.15) is 142 Å². The largest absolute Gasteiger partial charge is 0.469 e. The summed E-state index contributed by atoms with van der Waals surface area (Å²) in [5, 5.41) is 0. The molecule has 0 spiro atoms. The number of carbonyl (C=O) groups excluding carboxylic acids is 2. The molecule has 0 radical (unpaired) electrons. The van der Waals surface area contributed by atoms with Crippen molar-refractivity contribution in [3.8, 4) is 0 Å². The smallest absolute Gasteiger partial charge is 0.462 e. The topological polar surface area (TPSA) is 132 Å². The standard InChI is InChI=1S/C43H69O9P/c1-3-5-7-9-11-13-14-15-16-17-18-19-20-22-24-26-32-36-43(45)51-39(38-50-53(46,47)48)37-49-42(44)35-31-28-27-30-34-41-40(52-41)33-29-25-23-21-12-10-8-6-4-2/h5,7,11-13,15-16,18-19,21,25,27,29-30,39-41H,3-4,6,8-10,14,17,20,22-24,26,28,31-38H2,1-2H3,(H2,46,47,48)/b7-5-,13-11-,16-15-,19-18-,21-12-,29-25-,30-27-/t39-,40?,41?/m1/s1. The van der Waals surface area contributed by atoms with Crippen LogP contribution in [0.15, 0.2) is 85.1 Å². The number of epoxide rings is 1. The molecule has 1 rings (SSSR count). The van der Waals surface area contributed by atoms with E-state index >= 15 is 0 Å². The van der Waals surface area contributed by atoms with Crippen molar-refractivity contribution < 1.29 is 42.7 Å². The zero-order valence-electron chi connectivity index (χ0n) is 32.6. The van der Waals surface area contributed by atoms with Crippen LogP contribution in [-0.4, -0.2) is 53.3 Å². The van der Waals surface area contributed by atoms with Gasteiger partial charge in [-0.05, 0) is 89.9 Å². The molecule has 1 aliphatic heterocycles. The van der Waals surface area contributed by atoms with Crippen molar-refractivity contribution in [1.29, 1.82) is 0 Å². The number of esters is 2. The number of carbonyl (C=O) groups is 2. The van der Waals surface area contributed by atoms with Gasteiger partial charge >= 0.3 is 19.8 Å². The summed E-state index contributed by atoms with van der Waals surface area (Å²) in [4.78, 5) is 42.8. The Labute approximate surface area is 320 Å². The van der Waals surface area contributed by atoms with Crippen LogP contribution < -0.4 is 0 Å². The molecule has 9 nitrogen and oxygen atoms in total. The van der Waals surface area contributed by atoms with Gasteiger partial charge in [-0.25, -0.2) is 4.57 Å². The number of ether oxygens (including phenoxy) is 3. The van der Waals surface area contributed by atoms with Gasteiger partial charge in [0.1, 0.15) is 6.61 Å². The lowest BCUT2D eigenvalue weighted by molar-refractivity contribution is -0.161. The van der Waals surface area contributed by atoms with Gasteiger partial charge in [0.15, 0.2) is 6.10 Å². The third-order valence-electron chi connectivity index (χ3n) is 8.30. The summed E-state index contributed by atoms with van der Waals surface area (Å²) >= 11 is 0. The van der Waals surface area contributed by atoms with Gasteiger partial charge in [0, 0.05) is 12.8 Å². The minimum Gasteiger partial charge on any atom is -0.462 e. The number of rotatable bonds is 34. The molecule has 1 aliphatic rings. The molecule has 2 N–H and O–H groups in total. The Hall–Kier alpha value is -2.81. The Morgan fingerprint density at radius 2 is 1.09 bits per heavy atom. The number of hydrogen-bond acceptors (Lipinski definition) is 7. The fourth-order valence-corrected chi connectivity index (χ4v) is 5.58. The van der Waals surface area contributed by atoms with E-state index in [1.165, 1.54) is 19.3 Å². The van der Waals surface area contributed by atoms with Gasteiger partial charge in [-0.2, -0.15) is 0 Å². The first-order valence-electron chi connectivity index (χ1n) is 20.0. The van der Waals surface area contributed by atoms with E-state index in [0.29, 0.717) is 19.3 Å². The second-order valence-corrected chi connectivity index (χ2v) is 14.5. The summed E-state index contributed by atoms with van der Waals surface area (Å²) in [5.41, 5.74) is 0. The fraction of sp³-hybridized carbons (Fsp3) is 0.628. The molecule has 53 heavy (non-hydrogen) atoms. The Balaban J connectivity index is 2.16. The van der Waals surface area contributed by atoms with Crippen LogP contribution in [0.3, 0.4) is 0 Å². The van der Waals surface area contributed by atoms with Crippen molar-refractivity contribution >= 4 is 19.8 Å². The zero-order chi connectivity index (χ0) is 38.7. The molecule has 0 bridgehead atoms. The van der Waals surface area contributed by atoms with Crippen molar-refractivity contribution in [2.75, 3.05) is 13.2 Å². The normalized spacial score (nSPS) is 17.2. The average Bonchev–Trinajstić information content (AvgIpc) is 3.88. The number of hydrogen-bond donors (Lipinski definition) is 2. The van der Waals surface area contributed by atoms with Gasteiger partial charge in [0.05, 0.1) is 18.8 Å². The highest BCUT2D eigenvalue weighted by atomic mass is 31.2. The fourth-order valence-electron chi connectivity index (χ4n) is 5.22. The second-order valence-electron chi connectivity index (χ2n) is 13.3. The molecule has 1 heterocycles. The molecule has 3 atom stereocenters. The molecule has 0 amide bonds. The van der Waals surface area contributed by atoms with Crippen LogP contribution in [0.2, 0.25) is 0 Å². The Morgan fingerprint density at radius 3 is 1.70 bits per heavy atom. The molecular weight excluding hydrogens is 691 g/mol. The molecule has 10 heteroatoms. The van der Waals surface area contributed by atoms with Crippen molar-refractivity contribution in [1.82, 2.24) is 0 Å². The zero-order valence-corrected chi connectivity index (χ0v) is 33.5. The van der Waals surface area contributed by atoms with Gasteiger partial charge in [-0.1, -0.05) is 125 Å². The minimum absolute atomic E-state index is 0.164. The molecule has 2 unspecified atom stereocenters. The maximum atomic E-state index is 12.4. The summed E-state index contributed by atoms with van der Waals surface area (Å²) < 4.78 is 32.0. The van der Waals surface area contributed by atoms with E-state index in [0.717, 1.165) is 77.0 Å². The first kappa shape index (κ1) is 48.2. The van der Waals surface area contributed by atoms with E-state index in [9.17, 15) is 14.2 Å². The van der Waals surface area contributed by atoms with E-state index in [-0.39, 0.29) is 31.7 Å². The highest BCUT2D eigenvalue weighted by Gasteiger charge is 2.36. The average molecular weight is 761 g/mol. The molecular formula is C43H69O9P. The maximum absolute atomic E-state index is 12.4. The first-order chi connectivity index (χ1) is 25.7. The predicted molar refractivity (Wildman–Crippen MR) is 215 cm³/mol. The summed E-state index contributed by atoms with van der Waals surface area (Å²) in [6, 6.07) is 0. The van der Waals surface area contributed by atoms with E-state index in [1.807, 2.05) is 6.08 Å². The lowest BCUT2D eigenvalue weighted by atomic mass is 10.1.